The van der Waals surface area contributed by atoms with Crippen molar-refractivity contribution in [2.45, 2.75) is 33.1 Å². The van der Waals surface area contributed by atoms with Crippen molar-refractivity contribution >= 4 is 0 Å². The lowest BCUT2D eigenvalue weighted by Crippen LogP contribution is -2.19. The molecular weight excluding hydrogens is 228 g/mol. The first kappa shape index (κ1) is 13.9. The van der Waals surface area contributed by atoms with Crippen molar-refractivity contribution in [3.05, 3.63) is 78.2 Å². The number of benzene rings is 2. The lowest BCUT2D eigenvalue weighted by molar-refractivity contribution is 0.409. The second-order valence-electron chi connectivity index (χ2n) is 6.02. The van der Waals surface area contributed by atoms with Crippen LogP contribution < -0.4 is 0 Å². The summed E-state index contributed by atoms with van der Waals surface area (Å²) in [5.41, 5.74) is 3.00. The largest absolute Gasteiger partial charge is 0.0622 e. The predicted octanol–water partition coefficient (Wildman–Crippen LogP) is 5.26. The topological polar surface area (TPSA) is 0 Å². The van der Waals surface area contributed by atoms with Crippen molar-refractivity contribution in [3.63, 3.8) is 0 Å². The molecular formula is C19H23. The molecule has 19 heavy (non-hydrogen) atoms. The summed E-state index contributed by atoms with van der Waals surface area (Å²) in [5.74, 6) is 0.486. The van der Waals surface area contributed by atoms with E-state index in [1.54, 1.807) is 0 Å². The van der Waals surface area contributed by atoms with E-state index < -0.39 is 0 Å². The van der Waals surface area contributed by atoms with Gasteiger partial charge >= 0.3 is 0 Å². The van der Waals surface area contributed by atoms with Crippen LogP contribution in [0.2, 0.25) is 0 Å². The highest BCUT2D eigenvalue weighted by atomic mass is 14.3. The Morgan fingerprint density at radius 3 is 2.00 bits per heavy atom. The maximum atomic E-state index is 2.47. The molecule has 0 amide bonds. The molecule has 0 N–H and O–H groups in total. The van der Waals surface area contributed by atoms with Gasteiger partial charge < -0.3 is 0 Å². The van der Waals surface area contributed by atoms with Crippen LogP contribution in [0.5, 0.6) is 0 Å². The van der Waals surface area contributed by atoms with Crippen LogP contribution in [0, 0.1) is 11.8 Å². The molecule has 0 aliphatic heterocycles. The highest BCUT2D eigenvalue weighted by Crippen LogP contribution is 2.33. The van der Waals surface area contributed by atoms with Crippen LogP contribution in [0.1, 0.15) is 37.8 Å². The Balaban J connectivity index is 2.01. The van der Waals surface area contributed by atoms with E-state index in [2.05, 4.69) is 87.9 Å². The van der Waals surface area contributed by atoms with Gasteiger partial charge in [0.2, 0.25) is 0 Å². The van der Waals surface area contributed by atoms with Crippen molar-refractivity contribution in [1.29, 1.82) is 0 Å². The first-order chi connectivity index (χ1) is 9.07. The number of hydrogen-bond acceptors (Lipinski definition) is 0. The molecule has 1 unspecified atom stereocenters. The van der Waals surface area contributed by atoms with Gasteiger partial charge in [0.05, 0.1) is 0 Å². The van der Waals surface area contributed by atoms with Crippen LogP contribution in [0.25, 0.3) is 0 Å². The van der Waals surface area contributed by atoms with Gasteiger partial charge in [-0.3, -0.25) is 0 Å². The maximum absolute atomic E-state index is 2.47. The van der Waals surface area contributed by atoms with E-state index in [-0.39, 0.29) is 5.41 Å². The fraction of sp³-hybridized carbons (Fsp3) is 0.316. The van der Waals surface area contributed by atoms with Crippen molar-refractivity contribution in [3.8, 4) is 0 Å². The van der Waals surface area contributed by atoms with Crippen LogP contribution in [0.4, 0.5) is 0 Å². The summed E-state index contributed by atoms with van der Waals surface area (Å²) >= 11 is 0. The normalized spacial score (nSPS) is 13.2. The van der Waals surface area contributed by atoms with E-state index in [4.69, 9.17) is 0 Å². The highest BCUT2D eigenvalue weighted by Gasteiger charge is 2.22. The molecule has 0 aliphatic carbocycles. The third kappa shape index (κ3) is 4.24. The summed E-state index contributed by atoms with van der Waals surface area (Å²) in [5, 5.41) is 0. The SMILES string of the molecule is CC([CH]C(C)(C)Cc1ccccc1)c1ccccc1. The fourth-order valence-corrected chi connectivity index (χ4v) is 2.71. The summed E-state index contributed by atoms with van der Waals surface area (Å²) in [6.45, 7) is 6.92. The van der Waals surface area contributed by atoms with Crippen LogP contribution in [0.15, 0.2) is 60.7 Å². The molecule has 0 spiro atoms. The Morgan fingerprint density at radius 1 is 0.895 bits per heavy atom. The molecule has 1 radical (unpaired) electrons. The third-order valence-electron chi connectivity index (χ3n) is 3.53. The minimum atomic E-state index is 0.205. The summed E-state index contributed by atoms with van der Waals surface area (Å²) in [4.78, 5) is 0. The van der Waals surface area contributed by atoms with Gasteiger partial charge in [-0.05, 0) is 35.3 Å². The molecule has 2 aromatic carbocycles. The average molecular weight is 251 g/mol. The fourth-order valence-electron chi connectivity index (χ4n) is 2.71. The lowest BCUT2D eigenvalue weighted by Gasteiger charge is -2.28. The van der Waals surface area contributed by atoms with Crippen LogP contribution in [0.3, 0.4) is 0 Å². The van der Waals surface area contributed by atoms with Gasteiger partial charge in [0.1, 0.15) is 0 Å². The zero-order chi connectivity index (χ0) is 13.7. The van der Waals surface area contributed by atoms with Crippen LogP contribution in [-0.4, -0.2) is 0 Å². The lowest BCUT2D eigenvalue weighted by atomic mass is 9.77. The van der Waals surface area contributed by atoms with Gasteiger partial charge in [0.25, 0.3) is 0 Å². The Morgan fingerprint density at radius 2 is 1.42 bits per heavy atom. The molecule has 99 valence electrons. The van der Waals surface area contributed by atoms with Gasteiger partial charge in [-0.25, -0.2) is 0 Å². The van der Waals surface area contributed by atoms with Gasteiger partial charge in [0.15, 0.2) is 0 Å². The smallest absolute Gasteiger partial charge is 0.0154 e. The second-order valence-corrected chi connectivity index (χ2v) is 6.02. The molecule has 0 saturated heterocycles. The summed E-state index contributed by atoms with van der Waals surface area (Å²) in [6, 6.07) is 21.5. The van der Waals surface area contributed by atoms with E-state index >= 15 is 0 Å². The molecule has 1 atom stereocenters. The monoisotopic (exact) mass is 251 g/mol. The molecule has 2 aromatic rings. The van der Waals surface area contributed by atoms with E-state index in [0.29, 0.717) is 5.92 Å². The van der Waals surface area contributed by atoms with Crippen molar-refractivity contribution in [1.82, 2.24) is 0 Å². The van der Waals surface area contributed by atoms with Gasteiger partial charge in [-0.2, -0.15) is 0 Å². The zero-order valence-corrected chi connectivity index (χ0v) is 12.1. The van der Waals surface area contributed by atoms with Gasteiger partial charge in [-0.15, -0.1) is 0 Å². The molecule has 0 aromatic heterocycles. The van der Waals surface area contributed by atoms with Crippen LogP contribution >= 0.6 is 0 Å². The summed E-state index contributed by atoms with van der Waals surface area (Å²) < 4.78 is 0. The molecule has 0 heterocycles. The van der Waals surface area contributed by atoms with E-state index in [1.807, 2.05) is 0 Å². The van der Waals surface area contributed by atoms with Gasteiger partial charge in [-0.1, -0.05) is 81.4 Å². The standard InChI is InChI=1S/C19H23/c1-16(18-12-8-5-9-13-18)14-19(2,3)15-17-10-6-4-7-11-17/h4-14,16H,15H2,1-3H3. The van der Waals surface area contributed by atoms with Crippen LogP contribution in [-0.2, 0) is 6.42 Å². The zero-order valence-electron chi connectivity index (χ0n) is 12.1. The molecule has 0 heteroatoms. The summed E-state index contributed by atoms with van der Waals surface area (Å²) in [7, 11) is 0. The first-order valence-corrected chi connectivity index (χ1v) is 7.02. The quantitative estimate of drug-likeness (QED) is 0.679. The average Bonchev–Trinajstić information content (AvgIpc) is 2.39. The molecule has 0 nitrogen and oxygen atoms in total. The van der Waals surface area contributed by atoms with Crippen molar-refractivity contribution in [2.24, 2.45) is 5.41 Å². The number of rotatable bonds is 5. The summed E-state index contributed by atoms with van der Waals surface area (Å²) in [6.07, 6.45) is 3.56. The minimum absolute atomic E-state index is 0.205. The number of hydrogen-bond donors (Lipinski definition) is 0. The van der Waals surface area contributed by atoms with E-state index in [9.17, 15) is 0 Å². The molecule has 0 fully saturated rings. The van der Waals surface area contributed by atoms with Crippen molar-refractivity contribution in [2.75, 3.05) is 0 Å². The first-order valence-electron chi connectivity index (χ1n) is 7.02. The molecule has 0 aliphatic rings. The van der Waals surface area contributed by atoms with E-state index in [1.165, 1.54) is 11.1 Å². The molecule has 0 saturated carbocycles. The minimum Gasteiger partial charge on any atom is -0.0622 e. The Kier molecular flexibility index (Phi) is 4.42. The maximum Gasteiger partial charge on any atom is -0.0154 e. The highest BCUT2D eigenvalue weighted by molar-refractivity contribution is 5.24. The van der Waals surface area contributed by atoms with Crippen molar-refractivity contribution < 1.29 is 0 Å². The molecule has 2 rings (SSSR count). The van der Waals surface area contributed by atoms with E-state index in [0.717, 1.165) is 6.42 Å². The Hall–Kier alpha value is -1.56. The second kappa shape index (κ2) is 6.06. The Labute approximate surface area is 117 Å². The predicted molar refractivity (Wildman–Crippen MR) is 83.1 cm³/mol. The molecule has 0 bridgehead atoms. The Bertz CT molecular complexity index is 482. The third-order valence-corrected chi connectivity index (χ3v) is 3.53. The van der Waals surface area contributed by atoms with Gasteiger partial charge in [0, 0.05) is 0 Å².